The molecule has 25 nitrogen and oxygen atoms in total. The number of carboxylic acid groups (broad SMARTS) is 2. The number of aldehydes is 1. The predicted octanol–water partition coefficient (Wildman–Crippen LogP) is 4.10. The first-order chi connectivity index (χ1) is 33.8. The molecule has 7 aliphatic rings. The molecule has 7 aliphatic heterocycles. The van der Waals surface area contributed by atoms with Gasteiger partial charge in [-0.05, 0) is 32.9 Å². The van der Waals surface area contributed by atoms with Crippen LogP contribution in [0.2, 0.25) is 0 Å². The number of nitroso groups, excluding NO2 is 1. The highest BCUT2D eigenvalue weighted by Gasteiger charge is 2.44. The summed E-state index contributed by atoms with van der Waals surface area (Å²) in [7, 11) is 0. The van der Waals surface area contributed by atoms with E-state index in [2.05, 4.69) is 47.2 Å². The van der Waals surface area contributed by atoms with E-state index in [-0.39, 0.29) is 37.4 Å². The average Bonchev–Trinajstić information content (AvgIpc) is 4.18. The number of nitrogens with zero attached hydrogens (tertiary/aromatic N) is 10. The number of aromatic nitrogens is 6. The molecule has 3 aromatic rings. The van der Waals surface area contributed by atoms with Gasteiger partial charge in [-0.2, -0.15) is 15.3 Å². The molecule has 0 aromatic carbocycles. The molecule has 3 unspecified atom stereocenters. The van der Waals surface area contributed by atoms with Crippen molar-refractivity contribution in [1.82, 2.24) is 39.7 Å². The van der Waals surface area contributed by atoms with Gasteiger partial charge < -0.3 is 24.4 Å². The summed E-state index contributed by atoms with van der Waals surface area (Å²) in [5.41, 5.74) is 4.85. The van der Waals surface area contributed by atoms with Crippen LogP contribution < -0.4 is 5.32 Å². The Morgan fingerprint density at radius 1 is 0.859 bits per heavy atom. The van der Waals surface area contributed by atoms with E-state index in [0.29, 0.717) is 54.2 Å². The second kappa shape index (κ2) is 31.9. The van der Waals surface area contributed by atoms with Crippen molar-refractivity contribution in [2.45, 2.75) is 81.2 Å². The second-order valence-corrected chi connectivity index (χ2v) is 19.8. The summed E-state index contributed by atoms with van der Waals surface area (Å²) in [6, 6.07) is 2.53. The summed E-state index contributed by atoms with van der Waals surface area (Å²) in [6.45, 7) is 6.46. The number of carbonyl (C=O) groups is 7. The fourth-order valence-corrected chi connectivity index (χ4v) is 11.7. The lowest BCUT2D eigenvalue weighted by Crippen LogP contribution is -2.33. The minimum absolute atomic E-state index is 0. The number of nitrogens with one attached hydrogen (secondary N) is 1. The van der Waals surface area contributed by atoms with Crippen molar-refractivity contribution in [3.8, 4) is 12.3 Å². The van der Waals surface area contributed by atoms with Crippen molar-refractivity contribution < 1.29 is 67.5 Å². The molecule has 3 N–H and O–H groups in total. The Morgan fingerprint density at radius 3 is 2.03 bits per heavy atom. The fourth-order valence-electron chi connectivity index (χ4n) is 5.80. The van der Waals surface area contributed by atoms with Crippen LogP contribution >= 0.6 is 70.6 Å². The van der Waals surface area contributed by atoms with E-state index in [1.165, 1.54) is 11.8 Å². The number of hydrogen-bond acceptors (Lipinski definition) is 24. The third kappa shape index (κ3) is 18.7. The van der Waals surface area contributed by atoms with Gasteiger partial charge in [-0.3, -0.25) is 33.8 Å². The molecule has 0 aliphatic carbocycles. The maximum Gasteiger partial charge on any atom is 0.411 e. The van der Waals surface area contributed by atoms with E-state index in [0.717, 1.165) is 80.8 Å². The van der Waals surface area contributed by atoms with Crippen LogP contribution in [0.3, 0.4) is 0 Å². The van der Waals surface area contributed by atoms with E-state index in [9.17, 15) is 38.5 Å². The van der Waals surface area contributed by atoms with E-state index >= 15 is 0 Å². The largest absolute Gasteiger partial charge is 0.480 e. The van der Waals surface area contributed by atoms with Crippen molar-refractivity contribution in [1.29, 1.82) is 0 Å². The Kier molecular flexibility index (Phi) is 27.0. The number of terminal acetylenes is 1. The van der Waals surface area contributed by atoms with E-state index < -0.39 is 23.9 Å². The van der Waals surface area contributed by atoms with Gasteiger partial charge in [0.25, 0.3) is 6.04 Å². The summed E-state index contributed by atoms with van der Waals surface area (Å²) < 4.78 is 21.3. The molecule has 3 saturated heterocycles. The Balaban J connectivity index is 0.000000221. The smallest absolute Gasteiger partial charge is 0.411 e. The van der Waals surface area contributed by atoms with Crippen molar-refractivity contribution >= 4 is 113 Å². The molecular weight excluding hydrogens is 1050 g/mol. The number of ether oxygens (including phenoxy) is 3. The van der Waals surface area contributed by atoms with Gasteiger partial charge in [-0.1, -0.05) is 23.9 Å². The Morgan fingerprint density at radius 2 is 1.51 bits per heavy atom. The molecule has 31 heteroatoms. The zero-order chi connectivity index (χ0) is 51.0. The van der Waals surface area contributed by atoms with Gasteiger partial charge in [0, 0.05) is 40.6 Å². The van der Waals surface area contributed by atoms with Crippen molar-refractivity contribution in [2.75, 3.05) is 54.7 Å². The Labute approximate surface area is 433 Å². The molecule has 10 heterocycles. The quantitative estimate of drug-likeness (QED) is 0.0516. The van der Waals surface area contributed by atoms with Crippen molar-refractivity contribution in [3.05, 3.63) is 57.3 Å². The van der Waals surface area contributed by atoms with Gasteiger partial charge in [0.2, 0.25) is 5.88 Å². The van der Waals surface area contributed by atoms with E-state index in [1.54, 1.807) is 90.7 Å². The first-order valence-corrected chi connectivity index (χ1v) is 27.8. The highest BCUT2D eigenvalue weighted by molar-refractivity contribution is 8.00. The summed E-state index contributed by atoms with van der Waals surface area (Å²) in [6.07, 6.45) is 7.01. The number of hydrogen-bond donors (Lipinski definition) is 3. The number of rotatable bonds is 9. The standard InChI is InChI=1S/2C8H10N2O2S.C6H6N2OS.C5H6O2.C4H6N2O3S.C4H5N2O2S.C4H7NO2S.CH4/c1-2-12-8(11)6-3-9-10-5-13-4-7(6)10;1-2-12-8(11)7-3-6-4-13-5-10(6)9-7;9-2-5-1-6-3-10-4-8(6)7-5;1-3-5(6)7-4-2;7-4(8)3-1-10-2-6(3)5-9;7-4-3-1-9-2-6(3)5-8-4;6-4(7)3-1-8-2-5-3;/h2*3H,2,4-5H2,1H3;1-2H,3-4H2;1H,4H2,2H3;3H,1-2H2,(H,7,8);3H,1-2H2;3,5H,1-2H2,(H,6,7);1H4/q;;;;;+1;;. The monoisotopic (exact) mass is 1100 g/mol. The van der Waals surface area contributed by atoms with Crippen LogP contribution in [-0.2, 0) is 73.1 Å². The fraction of sp³-hybridized carbons (Fsp3) is 0.550. The molecule has 0 amide bonds. The number of carboxylic acids is 2. The van der Waals surface area contributed by atoms with Gasteiger partial charge in [-0.15, -0.1) is 70.1 Å². The zero-order valence-corrected chi connectivity index (χ0v) is 42.8. The van der Waals surface area contributed by atoms with Gasteiger partial charge in [-0.25, -0.2) is 29.0 Å². The van der Waals surface area contributed by atoms with Gasteiger partial charge >= 0.3 is 35.8 Å². The van der Waals surface area contributed by atoms with E-state index in [1.807, 2.05) is 31.9 Å². The maximum absolute atomic E-state index is 11.4. The molecule has 0 bridgehead atoms. The van der Waals surface area contributed by atoms with E-state index in [4.69, 9.17) is 19.7 Å². The molecule has 388 valence electrons. The van der Waals surface area contributed by atoms with Gasteiger partial charge in [0.1, 0.15) is 17.3 Å². The van der Waals surface area contributed by atoms with Crippen LogP contribution in [0, 0.1) is 17.3 Å². The normalized spacial score (nSPS) is 18.7. The lowest BCUT2D eigenvalue weighted by molar-refractivity contribution is -0.588. The molecule has 0 saturated carbocycles. The molecule has 0 radical (unpaired) electrons. The molecular formula is C40H54N11O14S6+. The SMILES string of the molecule is C.C#CC(=O)OCC.CCOC(=O)c1cc2n(n1)CSC2.CCOC(=O)c1cnn2c1CSC2.O=C(O)C1CSCN1.O=C1ON=[N+]2CSCC12.O=Cc1cc2n(n1)CSC2.O=NN1CSCC1C(=O)O. The van der Waals surface area contributed by atoms with Crippen LogP contribution in [0.15, 0.2) is 28.9 Å². The Bertz CT molecular complexity index is 2330. The summed E-state index contributed by atoms with van der Waals surface area (Å²) in [4.78, 5) is 88.3. The number of thioether (sulfide) groups is 6. The summed E-state index contributed by atoms with van der Waals surface area (Å²) in [5, 5.41) is 39.0. The number of aliphatic carboxylic acids is 2. The van der Waals surface area contributed by atoms with Gasteiger partial charge in [0.15, 0.2) is 23.3 Å². The van der Waals surface area contributed by atoms with Crippen LogP contribution in [0.1, 0.15) is 76.6 Å². The van der Waals surface area contributed by atoms with Crippen LogP contribution in [0.5, 0.6) is 0 Å². The molecule has 3 atom stereocenters. The number of carbonyl (C=O) groups excluding carboxylic acids is 5. The molecule has 71 heavy (non-hydrogen) atoms. The highest BCUT2D eigenvalue weighted by atomic mass is 32.2. The minimum atomic E-state index is -0.982. The minimum Gasteiger partial charge on any atom is -0.480 e. The summed E-state index contributed by atoms with van der Waals surface area (Å²) >= 11 is 10.1. The lowest BCUT2D eigenvalue weighted by atomic mass is 10.3. The second-order valence-electron chi connectivity index (χ2n) is 13.9. The van der Waals surface area contributed by atoms with Crippen molar-refractivity contribution in [3.63, 3.8) is 0 Å². The molecule has 3 fully saturated rings. The topological polar surface area (TPSA) is 310 Å². The maximum atomic E-state index is 11.4. The highest BCUT2D eigenvalue weighted by Crippen LogP contribution is 2.27. The van der Waals surface area contributed by atoms with Crippen molar-refractivity contribution in [2.24, 2.45) is 10.6 Å². The molecule has 3 aromatic heterocycles. The third-order valence-corrected chi connectivity index (χ3v) is 14.9. The van der Waals surface area contributed by atoms with Crippen LogP contribution in [0.25, 0.3) is 0 Å². The number of esters is 3. The average molecular weight is 1110 g/mol. The number of fused-ring (bicyclic) bond motifs is 4. The molecule has 0 spiro atoms. The summed E-state index contributed by atoms with van der Waals surface area (Å²) in [5.74, 6) is 7.97. The Hall–Kier alpha value is -5.26. The molecule has 10 rings (SSSR count). The van der Waals surface area contributed by atoms with Gasteiger partial charge in [0.05, 0.1) is 77.6 Å². The van der Waals surface area contributed by atoms with Crippen LogP contribution in [-0.4, -0.2) is 164 Å². The first-order valence-electron chi connectivity index (χ1n) is 20.8. The zero-order valence-electron chi connectivity index (χ0n) is 37.9. The lowest BCUT2D eigenvalue weighted by Gasteiger charge is -2.10. The van der Waals surface area contributed by atoms with Crippen LogP contribution in [0.4, 0.5) is 0 Å². The third-order valence-electron chi connectivity index (χ3n) is 9.20. The predicted molar refractivity (Wildman–Crippen MR) is 268 cm³/mol. The first kappa shape index (κ1) is 60.0.